The van der Waals surface area contributed by atoms with Gasteiger partial charge in [0.15, 0.2) is 0 Å². The Kier molecular flexibility index (Phi) is 5.24. The van der Waals surface area contributed by atoms with E-state index in [2.05, 4.69) is 21.2 Å². The zero-order valence-electron chi connectivity index (χ0n) is 13.1. The molecule has 0 spiro atoms. The lowest BCUT2D eigenvalue weighted by atomic mass is 9.98. The van der Waals surface area contributed by atoms with E-state index in [1.54, 1.807) is 5.06 Å². The number of anilines is 1. The SMILES string of the molecule is CC(C)(C)C(=O)ON1CCC(C(=O)Nc2cccc(Br)c2)C1. The van der Waals surface area contributed by atoms with Crippen molar-refractivity contribution in [2.45, 2.75) is 27.2 Å². The summed E-state index contributed by atoms with van der Waals surface area (Å²) in [6.07, 6.45) is 0.678. The molecular formula is C16H21BrN2O3. The average molecular weight is 369 g/mol. The predicted octanol–water partition coefficient (Wildman–Crippen LogP) is 3.21. The highest BCUT2D eigenvalue weighted by Crippen LogP contribution is 2.23. The molecule has 0 bridgehead atoms. The van der Waals surface area contributed by atoms with Crippen LogP contribution in [0.3, 0.4) is 0 Å². The lowest BCUT2D eigenvalue weighted by Crippen LogP contribution is -2.33. The van der Waals surface area contributed by atoms with Gasteiger partial charge >= 0.3 is 5.97 Å². The van der Waals surface area contributed by atoms with Gasteiger partial charge in [-0.1, -0.05) is 22.0 Å². The van der Waals surface area contributed by atoms with Gasteiger partial charge < -0.3 is 10.2 Å². The fourth-order valence-electron chi connectivity index (χ4n) is 2.09. The maximum absolute atomic E-state index is 12.3. The van der Waals surface area contributed by atoms with Crippen molar-refractivity contribution in [3.63, 3.8) is 0 Å². The Labute approximate surface area is 139 Å². The first-order valence-electron chi connectivity index (χ1n) is 7.29. The molecule has 1 N–H and O–H groups in total. The highest BCUT2D eigenvalue weighted by atomic mass is 79.9. The van der Waals surface area contributed by atoms with Gasteiger partial charge in [-0.15, -0.1) is 5.06 Å². The Morgan fingerprint density at radius 2 is 2.09 bits per heavy atom. The van der Waals surface area contributed by atoms with Crippen LogP contribution in [-0.4, -0.2) is 30.0 Å². The van der Waals surface area contributed by atoms with Crippen molar-refractivity contribution in [2.75, 3.05) is 18.4 Å². The second kappa shape index (κ2) is 6.79. The largest absolute Gasteiger partial charge is 0.367 e. The number of nitrogens with one attached hydrogen (secondary N) is 1. The number of carbonyl (C=O) groups is 2. The van der Waals surface area contributed by atoms with Gasteiger partial charge in [-0.3, -0.25) is 4.79 Å². The summed E-state index contributed by atoms with van der Waals surface area (Å²) in [7, 11) is 0. The smallest absolute Gasteiger partial charge is 0.330 e. The third kappa shape index (κ3) is 4.55. The number of hydrogen-bond acceptors (Lipinski definition) is 4. The Balaban J connectivity index is 1.87. The van der Waals surface area contributed by atoms with Crippen molar-refractivity contribution in [3.05, 3.63) is 28.7 Å². The van der Waals surface area contributed by atoms with E-state index in [1.165, 1.54) is 0 Å². The summed E-state index contributed by atoms with van der Waals surface area (Å²) in [4.78, 5) is 29.4. The Morgan fingerprint density at radius 3 is 2.73 bits per heavy atom. The van der Waals surface area contributed by atoms with Crippen molar-refractivity contribution in [1.29, 1.82) is 0 Å². The highest BCUT2D eigenvalue weighted by Gasteiger charge is 2.33. The van der Waals surface area contributed by atoms with E-state index in [1.807, 2.05) is 45.0 Å². The van der Waals surface area contributed by atoms with E-state index in [4.69, 9.17) is 4.84 Å². The maximum atomic E-state index is 12.3. The molecule has 1 unspecified atom stereocenters. The zero-order valence-corrected chi connectivity index (χ0v) is 14.6. The number of hydroxylamine groups is 2. The van der Waals surface area contributed by atoms with Gasteiger partial charge in [0, 0.05) is 23.2 Å². The Hall–Kier alpha value is -1.40. The minimum absolute atomic E-state index is 0.0487. The summed E-state index contributed by atoms with van der Waals surface area (Å²) in [6, 6.07) is 7.46. The number of rotatable bonds is 3. The summed E-state index contributed by atoms with van der Waals surface area (Å²) in [5.41, 5.74) is 0.209. The molecule has 1 aromatic carbocycles. The van der Waals surface area contributed by atoms with Crippen molar-refractivity contribution >= 4 is 33.5 Å². The molecule has 0 radical (unpaired) electrons. The molecule has 1 fully saturated rings. The number of benzene rings is 1. The van der Waals surface area contributed by atoms with E-state index in [-0.39, 0.29) is 17.8 Å². The number of carbonyl (C=O) groups excluding carboxylic acids is 2. The van der Waals surface area contributed by atoms with Crippen LogP contribution in [-0.2, 0) is 14.4 Å². The third-order valence-corrected chi connectivity index (χ3v) is 3.93. The molecule has 6 heteroatoms. The van der Waals surface area contributed by atoms with E-state index < -0.39 is 5.41 Å². The molecule has 0 aromatic heterocycles. The van der Waals surface area contributed by atoms with Crippen molar-refractivity contribution < 1.29 is 14.4 Å². The molecule has 1 aromatic rings. The number of hydrogen-bond donors (Lipinski definition) is 1. The van der Waals surface area contributed by atoms with Gasteiger partial charge in [0.2, 0.25) is 5.91 Å². The van der Waals surface area contributed by atoms with Gasteiger partial charge in [-0.2, -0.15) is 0 Å². The average Bonchev–Trinajstić information content (AvgIpc) is 2.86. The minimum atomic E-state index is -0.545. The van der Waals surface area contributed by atoms with Gasteiger partial charge in [0.1, 0.15) is 0 Å². The molecule has 2 rings (SSSR count). The maximum Gasteiger partial charge on any atom is 0.330 e. The molecule has 120 valence electrons. The van der Waals surface area contributed by atoms with Gasteiger partial charge in [0.25, 0.3) is 0 Å². The molecule has 1 aliphatic rings. The quantitative estimate of drug-likeness (QED) is 0.889. The molecule has 1 heterocycles. The molecule has 1 amide bonds. The minimum Gasteiger partial charge on any atom is -0.367 e. The van der Waals surface area contributed by atoms with Crippen molar-refractivity contribution in [3.8, 4) is 0 Å². The van der Waals surface area contributed by atoms with Gasteiger partial charge in [0.05, 0.1) is 11.3 Å². The first kappa shape index (κ1) is 17.0. The summed E-state index contributed by atoms with van der Waals surface area (Å²) in [5.74, 6) is -0.500. The third-order valence-electron chi connectivity index (χ3n) is 3.44. The summed E-state index contributed by atoms with van der Waals surface area (Å²) in [6.45, 7) is 6.44. The second-order valence-corrected chi connectivity index (χ2v) is 7.42. The standard InChI is InChI=1S/C16H21BrN2O3/c1-16(2,3)15(21)22-19-8-7-11(10-19)14(20)18-13-6-4-5-12(17)9-13/h4-6,9,11H,7-8,10H2,1-3H3,(H,18,20). The number of halogens is 1. The van der Waals surface area contributed by atoms with Crippen LogP contribution in [0.15, 0.2) is 28.7 Å². The molecule has 1 atom stereocenters. The van der Waals surface area contributed by atoms with Gasteiger partial charge in [-0.25, -0.2) is 4.79 Å². The molecule has 0 saturated carbocycles. The monoisotopic (exact) mass is 368 g/mol. The first-order chi connectivity index (χ1) is 10.3. The molecule has 1 saturated heterocycles. The van der Waals surface area contributed by atoms with Crippen LogP contribution in [0.4, 0.5) is 5.69 Å². The second-order valence-electron chi connectivity index (χ2n) is 6.50. The van der Waals surface area contributed by atoms with Crippen LogP contribution in [0, 0.1) is 11.3 Å². The summed E-state index contributed by atoms with van der Waals surface area (Å²) in [5, 5.41) is 4.47. The Bertz CT molecular complexity index is 569. The molecule has 1 aliphatic heterocycles. The van der Waals surface area contributed by atoms with E-state index in [9.17, 15) is 9.59 Å². The van der Waals surface area contributed by atoms with Crippen molar-refractivity contribution in [2.24, 2.45) is 11.3 Å². The number of amides is 1. The van der Waals surface area contributed by atoms with Gasteiger partial charge in [-0.05, 0) is 45.4 Å². The summed E-state index contributed by atoms with van der Waals surface area (Å²) < 4.78 is 0.914. The number of nitrogens with zero attached hydrogens (tertiary/aromatic N) is 1. The summed E-state index contributed by atoms with van der Waals surface area (Å²) >= 11 is 3.37. The lowest BCUT2D eigenvalue weighted by Gasteiger charge is -2.21. The normalized spacial score (nSPS) is 19.0. The van der Waals surface area contributed by atoms with Crippen LogP contribution in [0.25, 0.3) is 0 Å². The zero-order chi connectivity index (χ0) is 16.3. The molecule has 22 heavy (non-hydrogen) atoms. The predicted molar refractivity (Wildman–Crippen MR) is 88.0 cm³/mol. The molecular weight excluding hydrogens is 348 g/mol. The van der Waals surface area contributed by atoms with Crippen LogP contribution < -0.4 is 5.32 Å². The van der Waals surface area contributed by atoms with Crippen LogP contribution in [0.5, 0.6) is 0 Å². The highest BCUT2D eigenvalue weighted by molar-refractivity contribution is 9.10. The first-order valence-corrected chi connectivity index (χ1v) is 8.09. The van der Waals surface area contributed by atoms with E-state index in [0.29, 0.717) is 19.5 Å². The Morgan fingerprint density at radius 1 is 1.36 bits per heavy atom. The molecule has 0 aliphatic carbocycles. The van der Waals surface area contributed by atoms with Crippen LogP contribution in [0.2, 0.25) is 0 Å². The van der Waals surface area contributed by atoms with E-state index in [0.717, 1.165) is 10.2 Å². The van der Waals surface area contributed by atoms with E-state index >= 15 is 0 Å². The fraction of sp³-hybridized carbons (Fsp3) is 0.500. The fourth-order valence-corrected chi connectivity index (χ4v) is 2.49. The van der Waals surface area contributed by atoms with Crippen LogP contribution >= 0.6 is 15.9 Å². The van der Waals surface area contributed by atoms with Crippen LogP contribution in [0.1, 0.15) is 27.2 Å². The molecule has 5 nitrogen and oxygen atoms in total. The lowest BCUT2D eigenvalue weighted by molar-refractivity contribution is -0.196. The topological polar surface area (TPSA) is 58.6 Å². The van der Waals surface area contributed by atoms with Crippen molar-refractivity contribution in [1.82, 2.24) is 5.06 Å².